The molecular weight excluding hydrogens is 446 g/mol. The number of ketones is 2. The van der Waals surface area contributed by atoms with Crippen LogP contribution in [0.1, 0.15) is 41.0 Å². The Kier molecular flexibility index (Phi) is 7.17. The van der Waals surface area contributed by atoms with Crippen molar-refractivity contribution in [1.29, 1.82) is 0 Å². The third-order valence-electron chi connectivity index (χ3n) is 6.53. The van der Waals surface area contributed by atoms with Gasteiger partial charge in [-0.25, -0.2) is 4.79 Å². The van der Waals surface area contributed by atoms with E-state index in [1.54, 1.807) is 17.2 Å². The SMILES string of the molecule is CCC(C)C=CC1=CC2=C(Cl)C(=O)C3(C)OC(=O)C(C(=O)C(C)C(C)O)=C3C2=CN1CCO. The number of fused-ring (bicyclic) bond motifs is 3. The molecule has 2 N–H and O–H groups in total. The average Bonchev–Trinajstić information content (AvgIpc) is 3.06. The van der Waals surface area contributed by atoms with Gasteiger partial charge in [-0.2, -0.15) is 0 Å². The number of hydrogen-bond acceptors (Lipinski definition) is 7. The maximum atomic E-state index is 13.2. The molecular formula is C25H30ClNO6. The lowest BCUT2D eigenvalue weighted by atomic mass is 9.74. The fourth-order valence-electron chi connectivity index (χ4n) is 4.02. The van der Waals surface area contributed by atoms with E-state index in [0.29, 0.717) is 22.8 Å². The summed E-state index contributed by atoms with van der Waals surface area (Å²) in [4.78, 5) is 41.0. The zero-order valence-corrected chi connectivity index (χ0v) is 20.3. The Labute approximate surface area is 198 Å². The monoisotopic (exact) mass is 475 g/mol. The van der Waals surface area contributed by atoms with Crippen LogP contribution in [0.3, 0.4) is 0 Å². The van der Waals surface area contributed by atoms with Crippen LogP contribution in [0.5, 0.6) is 0 Å². The first-order chi connectivity index (χ1) is 15.5. The number of β-amino-alcohol motifs (C(OH)–C–C–N with tert-alkyl or cyclic N) is 1. The van der Waals surface area contributed by atoms with E-state index in [1.807, 2.05) is 12.2 Å². The number of allylic oxidation sites excluding steroid dienone is 4. The minimum atomic E-state index is -1.74. The maximum absolute atomic E-state index is 13.2. The van der Waals surface area contributed by atoms with Gasteiger partial charge in [0.1, 0.15) is 5.57 Å². The maximum Gasteiger partial charge on any atom is 0.343 e. The van der Waals surface area contributed by atoms with Gasteiger partial charge >= 0.3 is 5.97 Å². The van der Waals surface area contributed by atoms with E-state index < -0.39 is 35.2 Å². The molecule has 0 fully saturated rings. The molecule has 0 aromatic carbocycles. The molecule has 33 heavy (non-hydrogen) atoms. The van der Waals surface area contributed by atoms with Gasteiger partial charge in [0, 0.05) is 41.1 Å². The standard InChI is InChI=1S/C25H30ClNO6/c1-6-13(2)7-8-16-11-17-18(12-27(16)9-10-28)20-19(22(30)14(3)15(4)29)24(32)33-25(20,5)23(31)21(17)26/h7-8,11-15,28-29H,6,9-10H2,1-5H3. The number of hydrogen-bond donors (Lipinski definition) is 2. The van der Waals surface area contributed by atoms with Gasteiger partial charge in [0.25, 0.3) is 0 Å². The smallest absolute Gasteiger partial charge is 0.343 e. The van der Waals surface area contributed by atoms with E-state index in [9.17, 15) is 24.6 Å². The van der Waals surface area contributed by atoms with Crippen LogP contribution in [0.25, 0.3) is 0 Å². The van der Waals surface area contributed by atoms with Crippen LogP contribution in [0.15, 0.2) is 57.4 Å². The lowest BCUT2D eigenvalue weighted by molar-refractivity contribution is -0.153. The van der Waals surface area contributed by atoms with E-state index >= 15 is 0 Å². The summed E-state index contributed by atoms with van der Waals surface area (Å²) in [7, 11) is 0. The van der Waals surface area contributed by atoms with Crippen LogP contribution in [-0.2, 0) is 19.1 Å². The normalized spacial score (nSPS) is 25.5. The summed E-state index contributed by atoms with van der Waals surface area (Å²) in [5, 5.41) is 19.5. The molecule has 0 saturated heterocycles. The number of aliphatic hydroxyl groups is 2. The summed E-state index contributed by atoms with van der Waals surface area (Å²) >= 11 is 6.48. The lowest BCUT2D eigenvalue weighted by Crippen LogP contribution is -2.43. The molecule has 0 aromatic heterocycles. The van der Waals surface area contributed by atoms with Gasteiger partial charge < -0.3 is 19.8 Å². The number of carbonyl (C=O) groups is 3. The predicted octanol–water partition coefficient (Wildman–Crippen LogP) is 2.94. The zero-order valence-electron chi connectivity index (χ0n) is 19.5. The highest BCUT2D eigenvalue weighted by atomic mass is 35.5. The van der Waals surface area contributed by atoms with Gasteiger partial charge in [-0.3, -0.25) is 9.59 Å². The zero-order chi connectivity index (χ0) is 24.7. The molecule has 8 heteroatoms. The first kappa shape index (κ1) is 25.1. The minimum absolute atomic E-state index is 0.0873. The van der Waals surface area contributed by atoms with Crippen molar-refractivity contribution in [3.63, 3.8) is 0 Å². The molecule has 1 aliphatic carbocycles. The summed E-state index contributed by atoms with van der Waals surface area (Å²) in [5.41, 5.74) is -0.311. The number of esters is 1. The third-order valence-corrected chi connectivity index (χ3v) is 6.90. The second-order valence-electron chi connectivity index (χ2n) is 8.90. The van der Waals surface area contributed by atoms with Gasteiger partial charge in [-0.05, 0) is 31.9 Å². The highest BCUT2D eigenvalue weighted by Gasteiger charge is 2.57. The minimum Gasteiger partial charge on any atom is -0.442 e. The van der Waals surface area contributed by atoms with Crippen molar-refractivity contribution in [3.8, 4) is 0 Å². The van der Waals surface area contributed by atoms with Crippen molar-refractivity contribution < 1.29 is 29.3 Å². The number of rotatable bonds is 8. The Morgan fingerprint density at radius 1 is 1.30 bits per heavy atom. The van der Waals surface area contributed by atoms with Gasteiger partial charge in [0.2, 0.25) is 5.78 Å². The molecule has 3 aliphatic rings. The molecule has 0 bridgehead atoms. The summed E-state index contributed by atoms with van der Waals surface area (Å²) in [6.45, 7) is 8.67. The fraction of sp³-hybridized carbons (Fsp3) is 0.480. The van der Waals surface area contributed by atoms with Crippen LogP contribution in [0.2, 0.25) is 0 Å². The van der Waals surface area contributed by atoms with Gasteiger partial charge in [-0.15, -0.1) is 0 Å². The van der Waals surface area contributed by atoms with Crippen molar-refractivity contribution in [1.82, 2.24) is 4.90 Å². The third kappa shape index (κ3) is 4.25. The molecule has 0 radical (unpaired) electrons. The number of Topliss-reactive ketones (excluding diaryl/α,β-unsaturated/α-hetero) is 2. The number of halogens is 1. The van der Waals surface area contributed by atoms with Crippen molar-refractivity contribution >= 4 is 29.1 Å². The molecule has 4 atom stereocenters. The Hall–Kier alpha value is -2.48. The first-order valence-electron chi connectivity index (χ1n) is 11.1. The number of ether oxygens (including phenoxy) is 1. The van der Waals surface area contributed by atoms with Crippen LogP contribution in [-0.4, -0.2) is 57.5 Å². The summed E-state index contributed by atoms with van der Waals surface area (Å²) in [6, 6.07) is 0. The Balaban J connectivity index is 2.25. The molecule has 0 spiro atoms. The quantitative estimate of drug-likeness (QED) is 0.411. The van der Waals surface area contributed by atoms with Gasteiger partial charge in [0.05, 0.1) is 17.7 Å². The molecule has 7 nitrogen and oxygen atoms in total. The number of nitrogens with zero attached hydrogens (tertiary/aromatic N) is 1. The summed E-state index contributed by atoms with van der Waals surface area (Å²) in [6.07, 6.45) is 7.29. The highest BCUT2D eigenvalue weighted by molar-refractivity contribution is 6.46. The van der Waals surface area contributed by atoms with Crippen molar-refractivity contribution in [2.24, 2.45) is 11.8 Å². The summed E-state index contributed by atoms with van der Waals surface area (Å²) in [5.74, 6) is -2.67. The predicted molar refractivity (Wildman–Crippen MR) is 124 cm³/mol. The molecule has 0 saturated carbocycles. The summed E-state index contributed by atoms with van der Waals surface area (Å²) < 4.78 is 5.44. The highest BCUT2D eigenvalue weighted by Crippen LogP contribution is 2.50. The molecule has 0 amide bonds. The molecule has 3 rings (SSSR count). The second-order valence-corrected chi connectivity index (χ2v) is 9.27. The van der Waals surface area contributed by atoms with Crippen LogP contribution in [0, 0.1) is 11.8 Å². The van der Waals surface area contributed by atoms with Crippen molar-refractivity contribution in [2.45, 2.75) is 52.7 Å². The fourth-order valence-corrected chi connectivity index (χ4v) is 4.35. The van der Waals surface area contributed by atoms with E-state index in [0.717, 1.165) is 6.42 Å². The molecule has 4 unspecified atom stereocenters. The average molecular weight is 476 g/mol. The van der Waals surface area contributed by atoms with E-state index in [-0.39, 0.29) is 29.3 Å². The second kappa shape index (κ2) is 9.41. The topological polar surface area (TPSA) is 104 Å². The van der Waals surface area contributed by atoms with Crippen LogP contribution < -0.4 is 0 Å². The van der Waals surface area contributed by atoms with Crippen LogP contribution >= 0.6 is 11.6 Å². The van der Waals surface area contributed by atoms with Crippen molar-refractivity contribution in [3.05, 3.63) is 57.4 Å². The van der Waals surface area contributed by atoms with Gasteiger partial charge in [0.15, 0.2) is 11.4 Å². The largest absolute Gasteiger partial charge is 0.442 e. The number of carbonyl (C=O) groups excluding carboxylic acids is 3. The molecule has 2 aliphatic heterocycles. The van der Waals surface area contributed by atoms with Crippen LogP contribution in [0.4, 0.5) is 0 Å². The van der Waals surface area contributed by atoms with E-state index in [1.165, 1.54) is 20.8 Å². The Morgan fingerprint density at radius 2 is 1.97 bits per heavy atom. The lowest BCUT2D eigenvalue weighted by Gasteiger charge is -2.36. The molecule has 2 heterocycles. The Morgan fingerprint density at radius 3 is 2.55 bits per heavy atom. The van der Waals surface area contributed by atoms with E-state index in [4.69, 9.17) is 16.3 Å². The molecule has 178 valence electrons. The van der Waals surface area contributed by atoms with Gasteiger partial charge in [-0.1, -0.05) is 44.9 Å². The Bertz CT molecular complexity index is 1050. The molecule has 0 aromatic rings. The first-order valence-corrected chi connectivity index (χ1v) is 11.5. The van der Waals surface area contributed by atoms with Crippen molar-refractivity contribution in [2.75, 3.05) is 13.2 Å². The number of aliphatic hydroxyl groups excluding tert-OH is 2. The van der Waals surface area contributed by atoms with E-state index in [2.05, 4.69) is 13.8 Å².